The van der Waals surface area contributed by atoms with E-state index in [2.05, 4.69) is 23.7 Å². The van der Waals surface area contributed by atoms with Crippen LogP contribution in [-0.2, 0) is 0 Å². The summed E-state index contributed by atoms with van der Waals surface area (Å²) in [6.07, 6.45) is 0. The van der Waals surface area contributed by atoms with Crippen LogP contribution in [0.1, 0.15) is 13.8 Å². The van der Waals surface area contributed by atoms with Crippen LogP contribution in [0.25, 0.3) is 32.8 Å². The average molecular weight is 421 g/mol. The first-order valence-electron chi connectivity index (χ1n) is 9.53. The van der Waals surface area contributed by atoms with Gasteiger partial charge in [0, 0.05) is 53.3 Å². The molecule has 2 heterocycles. The molecular formula is C22H19N3O4S. The highest BCUT2D eigenvalue weighted by atomic mass is 32.1. The monoisotopic (exact) mass is 421 g/mol. The molecular weight excluding hydrogens is 402 g/mol. The third kappa shape index (κ3) is 3.69. The lowest BCUT2D eigenvalue weighted by Crippen LogP contribution is -2.21. The number of rotatable bonds is 6. The summed E-state index contributed by atoms with van der Waals surface area (Å²) in [6.45, 7) is 5.90. The molecule has 2 aromatic heterocycles. The summed E-state index contributed by atoms with van der Waals surface area (Å²) in [5.41, 5.74) is 2.94. The van der Waals surface area contributed by atoms with Crippen molar-refractivity contribution < 1.29 is 9.34 Å². The SMILES string of the molecule is CCN(CC)c1ccc2cc(-c3nc(-c4ccc([N+](=O)[O-])cc4)cs3)c(=O)oc2c1. The van der Waals surface area contributed by atoms with Gasteiger partial charge in [0.25, 0.3) is 5.69 Å². The van der Waals surface area contributed by atoms with Crippen molar-refractivity contribution >= 4 is 33.7 Å². The second-order valence-electron chi connectivity index (χ2n) is 6.68. The number of anilines is 1. The standard InChI is InChI=1S/C22H19N3O4S/c1-3-24(4-2)17-10-7-15-11-18(22(26)29-20(15)12-17)21-23-19(13-30-21)14-5-8-16(9-6-14)25(27)28/h5-13H,3-4H2,1-2H3. The Balaban J connectivity index is 1.70. The van der Waals surface area contributed by atoms with Crippen LogP contribution in [0.3, 0.4) is 0 Å². The topological polar surface area (TPSA) is 89.5 Å². The number of benzene rings is 2. The quantitative estimate of drug-likeness (QED) is 0.237. The van der Waals surface area contributed by atoms with E-state index in [0.717, 1.165) is 29.7 Å². The van der Waals surface area contributed by atoms with Gasteiger partial charge in [-0.2, -0.15) is 0 Å². The van der Waals surface area contributed by atoms with Crippen LogP contribution in [0.4, 0.5) is 11.4 Å². The Hall–Kier alpha value is -3.52. The summed E-state index contributed by atoms with van der Waals surface area (Å²) in [6, 6.07) is 13.8. The van der Waals surface area contributed by atoms with Crippen molar-refractivity contribution in [1.82, 2.24) is 4.98 Å². The first-order valence-corrected chi connectivity index (χ1v) is 10.4. The van der Waals surface area contributed by atoms with Crippen LogP contribution in [0.15, 0.2) is 63.1 Å². The first-order chi connectivity index (χ1) is 14.5. The molecule has 152 valence electrons. The highest BCUT2D eigenvalue weighted by Gasteiger charge is 2.14. The fraction of sp³-hybridized carbons (Fsp3) is 0.182. The van der Waals surface area contributed by atoms with Crippen LogP contribution in [-0.4, -0.2) is 23.0 Å². The van der Waals surface area contributed by atoms with Gasteiger partial charge in [0.1, 0.15) is 10.6 Å². The van der Waals surface area contributed by atoms with Crippen LogP contribution in [0, 0.1) is 10.1 Å². The van der Waals surface area contributed by atoms with E-state index in [4.69, 9.17) is 4.42 Å². The zero-order valence-corrected chi connectivity index (χ0v) is 17.3. The molecule has 0 spiro atoms. The van der Waals surface area contributed by atoms with Crippen molar-refractivity contribution in [1.29, 1.82) is 0 Å². The van der Waals surface area contributed by atoms with Crippen LogP contribution in [0.2, 0.25) is 0 Å². The average Bonchev–Trinajstić information content (AvgIpc) is 3.24. The summed E-state index contributed by atoms with van der Waals surface area (Å²) in [5.74, 6) is 0. The molecule has 30 heavy (non-hydrogen) atoms. The lowest BCUT2D eigenvalue weighted by atomic mass is 10.1. The Morgan fingerprint density at radius 3 is 2.50 bits per heavy atom. The zero-order chi connectivity index (χ0) is 21.3. The van der Waals surface area contributed by atoms with Gasteiger partial charge in [-0.1, -0.05) is 0 Å². The molecule has 0 fully saturated rings. The van der Waals surface area contributed by atoms with Crippen molar-refractivity contribution in [2.75, 3.05) is 18.0 Å². The first kappa shape index (κ1) is 19.8. The van der Waals surface area contributed by atoms with E-state index in [-0.39, 0.29) is 5.69 Å². The van der Waals surface area contributed by atoms with E-state index < -0.39 is 10.5 Å². The number of thiazole rings is 1. The summed E-state index contributed by atoms with van der Waals surface area (Å²) in [4.78, 5) is 29.7. The Morgan fingerprint density at radius 2 is 1.83 bits per heavy atom. The number of nitrogens with zero attached hydrogens (tertiary/aromatic N) is 3. The zero-order valence-electron chi connectivity index (χ0n) is 16.5. The van der Waals surface area contributed by atoms with E-state index in [1.807, 2.05) is 23.6 Å². The summed E-state index contributed by atoms with van der Waals surface area (Å²) in [5, 5.41) is 14.0. The fourth-order valence-electron chi connectivity index (χ4n) is 3.32. The smallest absolute Gasteiger partial charge is 0.346 e. The van der Waals surface area contributed by atoms with Gasteiger partial charge in [0.05, 0.1) is 16.2 Å². The molecule has 0 aliphatic carbocycles. The van der Waals surface area contributed by atoms with Gasteiger partial charge < -0.3 is 9.32 Å². The summed E-state index contributed by atoms with van der Waals surface area (Å²) < 4.78 is 5.59. The number of non-ortho nitro benzene ring substituents is 1. The van der Waals surface area contributed by atoms with E-state index in [0.29, 0.717) is 21.8 Å². The van der Waals surface area contributed by atoms with Crippen molar-refractivity contribution in [3.63, 3.8) is 0 Å². The molecule has 0 saturated heterocycles. The predicted molar refractivity (Wildman–Crippen MR) is 119 cm³/mol. The fourth-order valence-corrected chi connectivity index (χ4v) is 4.15. The van der Waals surface area contributed by atoms with Crippen LogP contribution < -0.4 is 10.5 Å². The van der Waals surface area contributed by atoms with E-state index in [1.54, 1.807) is 18.2 Å². The Labute approximate surface area is 176 Å². The number of hydrogen-bond acceptors (Lipinski definition) is 7. The van der Waals surface area contributed by atoms with Crippen molar-refractivity contribution in [2.24, 2.45) is 0 Å². The van der Waals surface area contributed by atoms with Gasteiger partial charge in [-0.05, 0) is 44.2 Å². The molecule has 8 heteroatoms. The van der Waals surface area contributed by atoms with Crippen LogP contribution in [0.5, 0.6) is 0 Å². The van der Waals surface area contributed by atoms with Crippen molar-refractivity contribution in [3.8, 4) is 21.8 Å². The molecule has 0 bridgehead atoms. The predicted octanol–water partition coefficient (Wildman–Crippen LogP) is 5.34. The molecule has 7 nitrogen and oxygen atoms in total. The number of aromatic nitrogens is 1. The Kier molecular flexibility index (Phi) is 5.33. The van der Waals surface area contributed by atoms with Gasteiger partial charge in [-0.25, -0.2) is 9.78 Å². The molecule has 0 N–H and O–H groups in total. The highest BCUT2D eigenvalue weighted by molar-refractivity contribution is 7.13. The minimum atomic E-state index is -0.442. The third-order valence-electron chi connectivity index (χ3n) is 4.96. The van der Waals surface area contributed by atoms with Gasteiger partial charge in [-0.15, -0.1) is 11.3 Å². The molecule has 2 aromatic carbocycles. The maximum Gasteiger partial charge on any atom is 0.346 e. The molecule has 0 unspecified atom stereocenters. The normalized spacial score (nSPS) is 11.0. The Bertz CT molecular complexity index is 1270. The number of hydrogen-bond donors (Lipinski definition) is 0. The van der Waals surface area contributed by atoms with Gasteiger partial charge in [0.15, 0.2) is 0 Å². The van der Waals surface area contributed by atoms with Gasteiger partial charge in [-0.3, -0.25) is 10.1 Å². The molecule has 0 aliphatic heterocycles. The molecule has 4 rings (SSSR count). The Morgan fingerprint density at radius 1 is 1.10 bits per heavy atom. The molecule has 0 atom stereocenters. The molecule has 0 radical (unpaired) electrons. The number of nitro groups is 1. The minimum Gasteiger partial charge on any atom is -0.422 e. The second-order valence-corrected chi connectivity index (χ2v) is 7.54. The van der Waals surface area contributed by atoms with E-state index >= 15 is 0 Å². The maximum absolute atomic E-state index is 12.6. The second kappa shape index (κ2) is 8.08. The van der Waals surface area contributed by atoms with Crippen LogP contribution >= 0.6 is 11.3 Å². The van der Waals surface area contributed by atoms with Gasteiger partial charge in [0.2, 0.25) is 0 Å². The lowest BCUT2D eigenvalue weighted by molar-refractivity contribution is -0.384. The molecule has 0 amide bonds. The molecule has 0 aliphatic rings. The number of fused-ring (bicyclic) bond motifs is 1. The van der Waals surface area contributed by atoms with E-state index in [1.165, 1.54) is 23.5 Å². The largest absolute Gasteiger partial charge is 0.422 e. The lowest BCUT2D eigenvalue weighted by Gasteiger charge is -2.20. The minimum absolute atomic E-state index is 0.0217. The third-order valence-corrected chi connectivity index (χ3v) is 5.83. The molecule has 0 saturated carbocycles. The van der Waals surface area contributed by atoms with Crippen molar-refractivity contribution in [3.05, 3.63) is 74.4 Å². The van der Waals surface area contributed by atoms with Crippen molar-refractivity contribution in [2.45, 2.75) is 13.8 Å². The summed E-state index contributed by atoms with van der Waals surface area (Å²) >= 11 is 1.33. The van der Waals surface area contributed by atoms with E-state index in [9.17, 15) is 14.9 Å². The van der Waals surface area contributed by atoms with Gasteiger partial charge >= 0.3 is 5.63 Å². The molecule has 4 aromatic rings. The summed E-state index contributed by atoms with van der Waals surface area (Å²) in [7, 11) is 0. The number of nitro benzene ring substituents is 1. The maximum atomic E-state index is 12.6. The highest BCUT2D eigenvalue weighted by Crippen LogP contribution is 2.30.